The van der Waals surface area contributed by atoms with Crippen molar-refractivity contribution in [3.05, 3.63) is 40.1 Å². The van der Waals surface area contributed by atoms with Gasteiger partial charge in [0.1, 0.15) is 29.0 Å². The van der Waals surface area contributed by atoms with Gasteiger partial charge in [-0.1, -0.05) is 11.6 Å². The largest absolute Gasteiger partial charge is 0.491 e. The quantitative estimate of drug-likeness (QED) is 0.525. The van der Waals surface area contributed by atoms with Crippen LogP contribution in [0, 0.1) is 20.8 Å². The van der Waals surface area contributed by atoms with Crippen LogP contribution in [-0.2, 0) is 11.3 Å². The monoisotopic (exact) mass is 384 g/mol. The molecule has 0 bridgehead atoms. The van der Waals surface area contributed by atoms with Gasteiger partial charge >= 0.3 is 0 Å². The molecule has 25 heavy (non-hydrogen) atoms. The fraction of sp³-hybridized carbons (Fsp3) is 0.471. The minimum Gasteiger partial charge on any atom is -0.491 e. The maximum absolute atomic E-state index is 6.26. The molecule has 1 N–H and O–H groups in total. The van der Waals surface area contributed by atoms with Gasteiger partial charge in [0.25, 0.3) is 0 Å². The van der Waals surface area contributed by atoms with Gasteiger partial charge in [-0.25, -0.2) is 9.97 Å². The number of ether oxygens (including phenoxy) is 2. The SMILES string of the molecule is Cc1nc(C)c(Cl)c(NCc2nccc(OCCOCCCl)c2C)n1. The Hall–Kier alpha value is -1.63. The van der Waals surface area contributed by atoms with Gasteiger partial charge in [0.15, 0.2) is 0 Å². The van der Waals surface area contributed by atoms with Crippen LogP contribution >= 0.6 is 23.2 Å². The molecule has 0 radical (unpaired) electrons. The lowest BCUT2D eigenvalue weighted by Gasteiger charge is -2.14. The molecule has 0 aromatic carbocycles. The normalized spacial score (nSPS) is 10.8. The van der Waals surface area contributed by atoms with E-state index in [0.717, 1.165) is 22.7 Å². The van der Waals surface area contributed by atoms with Crippen LogP contribution in [0.1, 0.15) is 22.8 Å². The Kier molecular flexibility index (Phi) is 7.68. The lowest BCUT2D eigenvalue weighted by molar-refractivity contribution is 0.111. The van der Waals surface area contributed by atoms with Gasteiger partial charge in [0.2, 0.25) is 0 Å². The summed E-state index contributed by atoms with van der Waals surface area (Å²) in [5, 5.41) is 3.74. The Morgan fingerprint density at radius 3 is 2.68 bits per heavy atom. The molecule has 0 aliphatic carbocycles. The molecule has 2 heterocycles. The van der Waals surface area contributed by atoms with Crippen LogP contribution in [0.2, 0.25) is 5.02 Å². The molecule has 0 aliphatic heterocycles. The van der Waals surface area contributed by atoms with Crippen LogP contribution in [0.3, 0.4) is 0 Å². The molecule has 0 atom stereocenters. The number of halogens is 2. The second kappa shape index (κ2) is 9.75. The summed E-state index contributed by atoms with van der Waals surface area (Å²) in [6.07, 6.45) is 1.72. The number of hydrogen-bond donors (Lipinski definition) is 1. The lowest BCUT2D eigenvalue weighted by Crippen LogP contribution is -2.11. The number of alkyl halides is 1. The summed E-state index contributed by atoms with van der Waals surface area (Å²) < 4.78 is 11.1. The van der Waals surface area contributed by atoms with E-state index < -0.39 is 0 Å². The second-order valence-electron chi connectivity index (χ2n) is 5.40. The summed E-state index contributed by atoms with van der Waals surface area (Å²) in [5.74, 6) is 2.54. The number of aromatic nitrogens is 3. The van der Waals surface area contributed by atoms with E-state index in [9.17, 15) is 0 Å². The maximum atomic E-state index is 6.26. The van der Waals surface area contributed by atoms with E-state index in [0.29, 0.717) is 48.9 Å². The zero-order chi connectivity index (χ0) is 18.2. The molecule has 2 aromatic rings. The van der Waals surface area contributed by atoms with E-state index in [-0.39, 0.29) is 0 Å². The average Bonchev–Trinajstić information content (AvgIpc) is 2.58. The van der Waals surface area contributed by atoms with Gasteiger partial charge in [-0.15, -0.1) is 11.6 Å². The van der Waals surface area contributed by atoms with E-state index in [4.69, 9.17) is 32.7 Å². The molecule has 8 heteroatoms. The molecule has 6 nitrogen and oxygen atoms in total. The number of rotatable bonds is 9. The third kappa shape index (κ3) is 5.70. The van der Waals surface area contributed by atoms with Gasteiger partial charge in [-0.2, -0.15) is 0 Å². The van der Waals surface area contributed by atoms with E-state index in [1.165, 1.54) is 0 Å². The van der Waals surface area contributed by atoms with E-state index in [1.807, 2.05) is 26.8 Å². The number of anilines is 1. The maximum Gasteiger partial charge on any atom is 0.149 e. The summed E-state index contributed by atoms with van der Waals surface area (Å²) in [6.45, 7) is 7.62. The van der Waals surface area contributed by atoms with Crippen LogP contribution < -0.4 is 10.1 Å². The molecule has 2 aromatic heterocycles. The molecule has 2 rings (SSSR count). The predicted molar refractivity (Wildman–Crippen MR) is 99.9 cm³/mol. The highest BCUT2D eigenvalue weighted by Gasteiger charge is 2.10. The van der Waals surface area contributed by atoms with Crippen LogP contribution in [0.4, 0.5) is 5.82 Å². The highest BCUT2D eigenvalue weighted by Crippen LogP contribution is 2.24. The Morgan fingerprint density at radius 1 is 1.12 bits per heavy atom. The van der Waals surface area contributed by atoms with Crippen LogP contribution in [0.25, 0.3) is 0 Å². The van der Waals surface area contributed by atoms with Crippen molar-refractivity contribution in [2.75, 3.05) is 31.0 Å². The fourth-order valence-electron chi connectivity index (χ4n) is 2.24. The molecule has 0 fully saturated rings. The summed E-state index contributed by atoms with van der Waals surface area (Å²) >= 11 is 11.8. The highest BCUT2D eigenvalue weighted by atomic mass is 35.5. The van der Waals surface area contributed by atoms with Crippen LogP contribution in [0.15, 0.2) is 12.3 Å². The molecule has 0 saturated carbocycles. The molecule has 0 saturated heterocycles. The van der Waals surface area contributed by atoms with Gasteiger partial charge in [-0.3, -0.25) is 4.98 Å². The third-order valence-electron chi connectivity index (χ3n) is 3.52. The molecule has 136 valence electrons. The second-order valence-corrected chi connectivity index (χ2v) is 6.16. The van der Waals surface area contributed by atoms with Crippen molar-refractivity contribution in [3.63, 3.8) is 0 Å². The summed E-state index contributed by atoms with van der Waals surface area (Å²) in [5.41, 5.74) is 2.57. The third-order valence-corrected chi connectivity index (χ3v) is 4.12. The van der Waals surface area contributed by atoms with Gasteiger partial charge in [-0.05, 0) is 26.8 Å². The number of nitrogens with one attached hydrogen (secondary N) is 1. The molecule has 0 amide bonds. The Morgan fingerprint density at radius 2 is 1.92 bits per heavy atom. The minimum atomic E-state index is 0.463. The summed E-state index contributed by atoms with van der Waals surface area (Å²) in [4.78, 5) is 13.0. The van der Waals surface area contributed by atoms with Crippen molar-refractivity contribution in [1.82, 2.24) is 15.0 Å². The first-order valence-electron chi connectivity index (χ1n) is 7.98. The molecule has 0 aliphatic rings. The van der Waals surface area contributed by atoms with E-state index in [1.54, 1.807) is 6.20 Å². The summed E-state index contributed by atoms with van der Waals surface area (Å²) in [6, 6.07) is 1.84. The average molecular weight is 385 g/mol. The van der Waals surface area contributed by atoms with Crippen molar-refractivity contribution in [3.8, 4) is 5.75 Å². The highest BCUT2D eigenvalue weighted by molar-refractivity contribution is 6.33. The molecular formula is C17H22Cl2N4O2. The lowest BCUT2D eigenvalue weighted by atomic mass is 10.2. The zero-order valence-corrected chi connectivity index (χ0v) is 16.1. The van der Waals surface area contributed by atoms with Crippen molar-refractivity contribution in [2.24, 2.45) is 0 Å². The number of pyridine rings is 1. The van der Waals surface area contributed by atoms with Crippen LogP contribution in [0.5, 0.6) is 5.75 Å². The van der Waals surface area contributed by atoms with Crippen molar-refractivity contribution < 1.29 is 9.47 Å². The predicted octanol–water partition coefficient (Wildman–Crippen LogP) is 3.70. The molecular weight excluding hydrogens is 363 g/mol. The number of nitrogens with zero attached hydrogens (tertiary/aromatic N) is 3. The van der Waals surface area contributed by atoms with Crippen molar-refractivity contribution in [1.29, 1.82) is 0 Å². The zero-order valence-electron chi connectivity index (χ0n) is 14.6. The molecule has 0 unspecified atom stereocenters. The number of hydrogen-bond acceptors (Lipinski definition) is 6. The van der Waals surface area contributed by atoms with E-state index >= 15 is 0 Å². The van der Waals surface area contributed by atoms with Crippen LogP contribution in [-0.4, -0.2) is 40.7 Å². The molecule has 0 spiro atoms. The summed E-state index contributed by atoms with van der Waals surface area (Å²) in [7, 11) is 0. The first-order valence-corrected chi connectivity index (χ1v) is 8.89. The van der Waals surface area contributed by atoms with Gasteiger partial charge in [0.05, 0.1) is 31.1 Å². The topological polar surface area (TPSA) is 69.2 Å². The fourth-order valence-corrected chi connectivity index (χ4v) is 2.50. The first-order chi connectivity index (χ1) is 12.0. The van der Waals surface area contributed by atoms with Crippen molar-refractivity contribution >= 4 is 29.0 Å². The van der Waals surface area contributed by atoms with Gasteiger partial charge in [0, 0.05) is 17.6 Å². The van der Waals surface area contributed by atoms with Gasteiger partial charge < -0.3 is 14.8 Å². The smallest absolute Gasteiger partial charge is 0.149 e. The number of aryl methyl sites for hydroxylation is 2. The first kappa shape index (κ1) is 19.7. The Balaban J connectivity index is 2.00. The minimum absolute atomic E-state index is 0.463. The van der Waals surface area contributed by atoms with E-state index in [2.05, 4.69) is 20.3 Å². The standard InChI is InChI=1S/C17H22Cl2N4O2/c1-11-14(10-21-17-16(19)12(2)22-13(3)23-17)20-6-4-15(11)25-9-8-24-7-5-18/h4,6H,5,7-10H2,1-3H3,(H,21,22,23). The van der Waals surface area contributed by atoms with Crippen molar-refractivity contribution in [2.45, 2.75) is 27.3 Å². The Bertz CT molecular complexity index is 713. The Labute approximate surface area is 157 Å².